The summed E-state index contributed by atoms with van der Waals surface area (Å²) in [5, 5.41) is 0. The van der Waals surface area contributed by atoms with Crippen LogP contribution in [0.5, 0.6) is 0 Å². The number of benzene rings is 1. The van der Waals surface area contributed by atoms with Crippen LogP contribution in [0.25, 0.3) is 11.3 Å². The molecule has 1 heterocycles. The maximum Gasteiger partial charge on any atom is 0.132 e. The van der Waals surface area contributed by atoms with E-state index in [0.29, 0.717) is 0 Å². The number of hydrogen-bond donors (Lipinski definition) is 0. The van der Waals surface area contributed by atoms with Crippen LogP contribution in [0.3, 0.4) is 0 Å². The Morgan fingerprint density at radius 1 is 1.27 bits per heavy atom. The molecule has 2 nitrogen and oxygen atoms in total. The van der Waals surface area contributed by atoms with Crippen LogP contribution in [0, 0.1) is 13.8 Å². The largest absolute Gasteiger partial charge is 0.333 e. The molecule has 0 bridgehead atoms. The van der Waals surface area contributed by atoms with E-state index in [-0.39, 0.29) is 0 Å². The Labute approximate surface area is 98.1 Å². The fourth-order valence-corrected chi connectivity index (χ4v) is 2.28. The molecule has 0 N–H and O–H groups in total. The maximum atomic E-state index is 4.24. The van der Waals surface area contributed by atoms with E-state index in [4.69, 9.17) is 0 Å². The van der Waals surface area contributed by atoms with Crippen LogP contribution in [-0.2, 0) is 7.05 Å². The number of aryl methyl sites for hydroxylation is 3. The van der Waals surface area contributed by atoms with E-state index in [2.05, 4.69) is 53.0 Å². The molecule has 0 aliphatic rings. The van der Waals surface area contributed by atoms with E-state index in [0.717, 1.165) is 10.3 Å². The van der Waals surface area contributed by atoms with Gasteiger partial charge in [0.25, 0.3) is 0 Å². The predicted octanol–water partition coefficient (Wildman–Crippen LogP) is 3.47. The number of halogens is 1. The van der Waals surface area contributed by atoms with Crippen LogP contribution in [0.2, 0.25) is 0 Å². The lowest BCUT2D eigenvalue weighted by Crippen LogP contribution is -1.93. The highest BCUT2D eigenvalue weighted by Gasteiger charge is 2.10. The topological polar surface area (TPSA) is 17.8 Å². The van der Waals surface area contributed by atoms with Crippen molar-refractivity contribution < 1.29 is 0 Å². The first kappa shape index (κ1) is 10.4. The van der Waals surface area contributed by atoms with Gasteiger partial charge in [0.2, 0.25) is 0 Å². The Morgan fingerprint density at radius 3 is 2.60 bits per heavy atom. The fourth-order valence-electron chi connectivity index (χ4n) is 1.69. The number of rotatable bonds is 1. The molecule has 1 aromatic heterocycles. The van der Waals surface area contributed by atoms with Crippen molar-refractivity contribution in [3.05, 3.63) is 40.3 Å². The van der Waals surface area contributed by atoms with E-state index < -0.39 is 0 Å². The zero-order valence-electron chi connectivity index (χ0n) is 9.08. The van der Waals surface area contributed by atoms with Gasteiger partial charge in [0.05, 0.1) is 12.0 Å². The minimum atomic E-state index is 0.902. The van der Waals surface area contributed by atoms with Gasteiger partial charge in [0, 0.05) is 12.6 Å². The number of nitrogens with zero attached hydrogens (tertiary/aromatic N) is 2. The van der Waals surface area contributed by atoms with Gasteiger partial charge in [-0.15, -0.1) is 0 Å². The number of hydrogen-bond acceptors (Lipinski definition) is 1. The quantitative estimate of drug-likeness (QED) is 0.772. The third-order valence-electron chi connectivity index (χ3n) is 2.54. The second kappa shape index (κ2) is 3.81. The third kappa shape index (κ3) is 1.84. The molecule has 0 saturated carbocycles. The van der Waals surface area contributed by atoms with Crippen LogP contribution >= 0.6 is 15.9 Å². The lowest BCUT2D eigenvalue weighted by molar-refractivity contribution is 0.920. The summed E-state index contributed by atoms with van der Waals surface area (Å²) in [6.45, 7) is 4.22. The molecular formula is C12H13BrN2. The summed E-state index contributed by atoms with van der Waals surface area (Å²) < 4.78 is 2.94. The lowest BCUT2D eigenvalue weighted by atomic mass is 10.0. The molecule has 15 heavy (non-hydrogen) atoms. The average Bonchev–Trinajstić information content (AvgIpc) is 2.51. The van der Waals surface area contributed by atoms with Gasteiger partial charge in [0.15, 0.2) is 0 Å². The van der Waals surface area contributed by atoms with Crippen molar-refractivity contribution in [1.82, 2.24) is 9.55 Å². The summed E-state index contributed by atoms with van der Waals surface area (Å²) in [7, 11) is 2.01. The molecule has 0 fully saturated rings. The van der Waals surface area contributed by atoms with Gasteiger partial charge in [0.1, 0.15) is 4.60 Å². The molecule has 2 rings (SSSR count). The molecule has 2 aromatic rings. The Bertz CT molecular complexity index is 481. The minimum absolute atomic E-state index is 0.902. The van der Waals surface area contributed by atoms with Crippen molar-refractivity contribution in [3.63, 3.8) is 0 Å². The Balaban J connectivity index is 2.68. The van der Waals surface area contributed by atoms with Gasteiger partial charge in [-0.3, -0.25) is 0 Å². The van der Waals surface area contributed by atoms with Crippen LogP contribution in [0.15, 0.2) is 29.1 Å². The molecule has 0 atom stereocenters. The summed E-state index contributed by atoms with van der Waals surface area (Å²) in [6.07, 6.45) is 1.82. The maximum absolute atomic E-state index is 4.24. The first-order valence-electron chi connectivity index (χ1n) is 4.84. The predicted molar refractivity (Wildman–Crippen MR) is 65.8 cm³/mol. The molecule has 0 unspecified atom stereocenters. The van der Waals surface area contributed by atoms with Crippen molar-refractivity contribution in [3.8, 4) is 11.3 Å². The summed E-state index contributed by atoms with van der Waals surface area (Å²) in [4.78, 5) is 4.24. The molecule has 0 aliphatic heterocycles. The molecule has 0 spiro atoms. The van der Waals surface area contributed by atoms with Gasteiger partial charge in [-0.2, -0.15) is 0 Å². The van der Waals surface area contributed by atoms with E-state index in [1.54, 1.807) is 0 Å². The van der Waals surface area contributed by atoms with Crippen LogP contribution in [0.1, 0.15) is 11.1 Å². The molecule has 3 heteroatoms. The van der Waals surface area contributed by atoms with Crippen molar-refractivity contribution in [1.29, 1.82) is 0 Å². The van der Waals surface area contributed by atoms with E-state index in [9.17, 15) is 0 Å². The molecule has 0 amide bonds. The smallest absolute Gasteiger partial charge is 0.132 e. The molecule has 0 radical (unpaired) electrons. The van der Waals surface area contributed by atoms with Gasteiger partial charge in [-0.1, -0.05) is 17.7 Å². The van der Waals surface area contributed by atoms with Crippen LogP contribution in [0.4, 0.5) is 0 Å². The van der Waals surface area contributed by atoms with Crippen LogP contribution in [-0.4, -0.2) is 9.55 Å². The molecule has 0 aliphatic carbocycles. The number of imidazole rings is 1. The SMILES string of the molecule is Cc1ccc(C)c(-c2c(Br)ncn2C)c1. The second-order valence-corrected chi connectivity index (χ2v) is 4.56. The monoisotopic (exact) mass is 264 g/mol. The van der Waals surface area contributed by atoms with Crippen molar-refractivity contribution in [2.24, 2.45) is 7.05 Å². The zero-order valence-corrected chi connectivity index (χ0v) is 10.7. The molecule has 0 saturated heterocycles. The highest BCUT2D eigenvalue weighted by molar-refractivity contribution is 9.10. The first-order chi connectivity index (χ1) is 7.09. The van der Waals surface area contributed by atoms with Gasteiger partial charge in [-0.05, 0) is 41.4 Å². The lowest BCUT2D eigenvalue weighted by Gasteiger charge is -2.08. The summed E-state index contributed by atoms with van der Waals surface area (Å²) in [5.41, 5.74) is 4.91. The van der Waals surface area contributed by atoms with Crippen molar-refractivity contribution in [2.45, 2.75) is 13.8 Å². The standard InChI is InChI=1S/C12H13BrN2/c1-8-4-5-9(2)10(6-8)11-12(13)14-7-15(11)3/h4-7H,1-3H3. The van der Waals surface area contributed by atoms with Gasteiger partial charge < -0.3 is 4.57 Å². The van der Waals surface area contributed by atoms with Crippen molar-refractivity contribution in [2.75, 3.05) is 0 Å². The summed E-state index contributed by atoms with van der Waals surface area (Å²) >= 11 is 3.48. The molecule has 78 valence electrons. The van der Waals surface area contributed by atoms with E-state index >= 15 is 0 Å². The normalized spacial score (nSPS) is 10.7. The Morgan fingerprint density at radius 2 is 2.00 bits per heavy atom. The molecule has 1 aromatic carbocycles. The fraction of sp³-hybridized carbons (Fsp3) is 0.250. The minimum Gasteiger partial charge on any atom is -0.333 e. The third-order valence-corrected chi connectivity index (χ3v) is 3.12. The zero-order chi connectivity index (χ0) is 11.0. The van der Waals surface area contributed by atoms with Gasteiger partial charge in [-0.25, -0.2) is 4.98 Å². The van der Waals surface area contributed by atoms with Crippen LogP contribution < -0.4 is 0 Å². The first-order valence-corrected chi connectivity index (χ1v) is 5.63. The Kier molecular flexibility index (Phi) is 2.65. The Hall–Kier alpha value is -1.09. The van der Waals surface area contributed by atoms with E-state index in [1.807, 2.05) is 17.9 Å². The van der Waals surface area contributed by atoms with E-state index in [1.165, 1.54) is 16.7 Å². The highest BCUT2D eigenvalue weighted by atomic mass is 79.9. The molecular weight excluding hydrogens is 252 g/mol. The highest BCUT2D eigenvalue weighted by Crippen LogP contribution is 2.29. The average molecular weight is 265 g/mol. The van der Waals surface area contributed by atoms with Crippen molar-refractivity contribution >= 4 is 15.9 Å². The second-order valence-electron chi connectivity index (χ2n) is 3.81. The van der Waals surface area contributed by atoms with Gasteiger partial charge >= 0.3 is 0 Å². The summed E-state index contributed by atoms with van der Waals surface area (Å²) in [6, 6.07) is 6.46. The summed E-state index contributed by atoms with van der Waals surface area (Å²) in [5.74, 6) is 0. The number of aromatic nitrogens is 2.